The third kappa shape index (κ3) is 3.85. The molecule has 0 aromatic heterocycles. The third-order valence-electron chi connectivity index (χ3n) is 3.16. The highest BCUT2D eigenvalue weighted by Gasteiger charge is 2.32. The Labute approximate surface area is 118 Å². The zero-order valence-electron chi connectivity index (χ0n) is 11.2. The van der Waals surface area contributed by atoms with E-state index in [1.807, 2.05) is 24.3 Å². The molecular weight excluding hydrogens is 264 g/mol. The fourth-order valence-electron chi connectivity index (χ4n) is 2.02. The van der Waals surface area contributed by atoms with Crippen LogP contribution in [0.5, 0.6) is 0 Å². The molecule has 4 nitrogen and oxygen atoms in total. The summed E-state index contributed by atoms with van der Waals surface area (Å²) in [5.74, 6) is 0.353. The molecular formula is C14H19ClN2O2. The fraction of sp³-hybridized carbons (Fsp3) is 0.500. The van der Waals surface area contributed by atoms with E-state index in [-0.39, 0.29) is 12.6 Å². The molecule has 1 aromatic carbocycles. The van der Waals surface area contributed by atoms with Gasteiger partial charge in [-0.25, -0.2) is 4.79 Å². The van der Waals surface area contributed by atoms with E-state index >= 15 is 0 Å². The predicted molar refractivity (Wildman–Crippen MR) is 75.5 cm³/mol. The van der Waals surface area contributed by atoms with E-state index in [0.717, 1.165) is 5.02 Å². The van der Waals surface area contributed by atoms with Crippen LogP contribution in [0.15, 0.2) is 24.3 Å². The number of nitrogens with one attached hydrogen (secondary N) is 1. The van der Waals surface area contributed by atoms with Gasteiger partial charge in [0.15, 0.2) is 0 Å². The normalized spacial score (nSPS) is 16.1. The molecule has 2 rings (SSSR count). The van der Waals surface area contributed by atoms with E-state index in [2.05, 4.69) is 5.32 Å². The highest BCUT2D eigenvalue weighted by atomic mass is 35.5. The lowest BCUT2D eigenvalue weighted by Gasteiger charge is -2.39. The van der Waals surface area contributed by atoms with Gasteiger partial charge in [-0.3, -0.25) is 0 Å². The lowest BCUT2D eigenvalue weighted by molar-refractivity contribution is 0.0765. The van der Waals surface area contributed by atoms with Gasteiger partial charge in [0.1, 0.15) is 0 Å². The zero-order chi connectivity index (χ0) is 14.0. The molecule has 0 bridgehead atoms. The molecule has 1 saturated heterocycles. The highest BCUT2D eigenvalue weighted by molar-refractivity contribution is 6.30. The van der Waals surface area contributed by atoms with Gasteiger partial charge in [-0.1, -0.05) is 23.7 Å². The average molecular weight is 283 g/mol. The minimum atomic E-state index is -0.882. The van der Waals surface area contributed by atoms with E-state index in [0.29, 0.717) is 19.0 Å². The molecule has 1 heterocycles. The number of hydrogen-bond acceptors (Lipinski definition) is 2. The van der Waals surface area contributed by atoms with Gasteiger partial charge < -0.3 is 15.3 Å². The van der Waals surface area contributed by atoms with E-state index in [9.17, 15) is 9.90 Å². The van der Waals surface area contributed by atoms with Crippen LogP contribution in [-0.2, 0) is 0 Å². The van der Waals surface area contributed by atoms with Crippen LogP contribution < -0.4 is 5.32 Å². The Morgan fingerprint density at radius 1 is 1.53 bits per heavy atom. The molecule has 0 unspecified atom stereocenters. The largest absolute Gasteiger partial charge is 0.389 e. The molecule has 0 saturated carbocycles. The molecule has 5 heteroatoms. The topological polar surface area (TPSA) is 52.6 Å². The summed E-state index contributed by atoms with van der Waals surface area (Å²) in [6.45, 7) is 4.97. The van der Waals surface area contributed by atoms with Crippen LogP contribution in [0.25, 0.3) is 0 Å². The Morgan fingerprint density at radius 2 is 2.21 bits per heavy atom. The molecule has 2 N–H and O–H groups in total. The van der Waals surface area contributed by atoms with E-state index in [1.54, 1.807) is 18.7 Å². The molecule has 1 aliphatic heterocycles. The summed E-state index contributed by atoms with van der Waals surface area (Å²) in [7, 11) is 0. The van der Waals surface area contributed by atoms with Crippen LogP contribution >= 0.6 is 11.6 Å². The van der Waals surface area contributed by atoms with Gasteiger partial charge in [0.25, 0.3) is 0 Å². The lowest BCUT2D eigenvalue weighted by atomic mass is 9.92. The first-order chi connectivity index (χ1) is 8.85. The van der Waals surface area contributed by atoms with E-state index in [4.69, 9.17) is 11.6 Å². The van der Waals surface area contributed by atoms with Crippen LogP contribution in [-0.4, -0.2) is 41.3 Å². The van der Waals surface area contributed by atoms with Crippen molar-refractivity contribution in [3.8, 4) is 0 Å². The maximum absolute atomic E-state index is 11.8. The van der Waals surface area contributed by atoms with Crippen molar-refractivity contribution in [3.63, 3.8) is 0 Å². The molecule has 0 spiro atoms. The molecule has 104 valence electrons. The lowest BCUT2D eigenvalue weighted by Crippen LogP contribution is -2.54. The molecule has 1 aliphatic rings. The summed E-state index contributed by atoms with van der Waals surface area (Å²) in [4.78, 5) is 13.5. The van der Waals surface area contributed by atoms with Gasteiger partial charge in [-0.2, -0.15) is 0 Å². The van der Waals surface area contributed by atoms with Crippen molar-refractivity contribution in [2.24, 2.45) is 0 Å². The summed E-state index contributed by atoms with van der Waals surface area (Å²) in [5, 5.41) is 13.0. The average Bonchev–Trinajstić information content (AvgIpc) is 2.23. The monoisotopic (exact) mass is 282 g/mol. The maximum Gasteiger partial charge on any atom is 0.317 e. The van der Waals surface area contributed by atoms with Gasteiger partial charge in [-0.15, -0.1) is 0 Å². The Bertz CT molecular complexity index is 465. The van der Waals surface area contributed by atoms with Crippen molar-refractivity contribution in [2.45, 2.75) is 25.4 Å². The molecule has 1 fully saturated rings. The van der Waals surface area contributed by atoms with Crippen molar-refractivity contribution in [1.82, 2.24) is 10.2 Å². The molecule has 2 amide bonds. The highest BCUT2D eigenvalue weighted by Crippen LogP contribution is 2.28. The van der Waals surface area contributed by atoms with Gasteiger partial charge in [0, 0.05) is 30.6 Å². The number of rotatable bonds is 3. The number of carbonyl (C=O) groups excluding carboxylic acids is 1. The van der Waals surface area contributed by atoms with Crippen molar-refractivity contribution in [3.05, 3.63) is 34.9 Å². The van der Waals surface area contributed by atoms with Gasteiger partial charge in [-0.05, 0) is 31.5 Å². The van der Waals surface area contributed by atoms with Crippen molar-refractivity contribution in [1.29, 1.82) is 0 Å². The van der Waals surface area contributed by atoms with Crippen LogP contribution in [0, 0.1) is 0 Å². The molecule has 0 atom stereocenters. The number of amides is 2. The first kappa shape index (κ1) is 14.2. The van der Waals surface area contributed by atoms with Crippen LogP contribution in [0.1, 0.15) is 25.3 Å². The second-order valence-corrected chi connectivity index (χ2v) is 6.06. The number of hydrogen-bond donors (Lipinski definition) is 2. The minimum absolute atomic E-state index is 0.125. The smallest absolute Gasteiger partial charge is 0.317 e. The van der Waals surface area contributed by atoms with Gasteiger partial charge in [0.05, 0.1) is 5.60 Å². The van der Waals surface area contributed by atoms with Crippen molar-refractivity contribution < 1.29 is 9.90 Å². The molecule has 1 aromatic rings. The predicted octanol–water partition coefficient (Wildman–Crippen LogP) is 2.22. The fourth-order valence-corrected chi connectivity index (χ4v) is 2.22. The first-order valence-electron chi connectivity index (χ1n) is 6.36. The molecule has 0 radical (unpaired) electrons. The Kier molecular flexibility index (Phi) is 4.02. The zero-order valence-corrected chi connectivity index (χ0v) is 11.9. The summed E-state index contributed by atoms with van der Waals surface area (Å²) < 4.78 is 0. The number of halogens is 1. The Hall–Kier alpha value is -1.26. The number of nitrogens with zero attached hydrogens (tertiary/aromatic N) is 1. The SMILES string of the molecule is CC(C)(O)CNC(=O)N1CC(c2cccc(Cl)c2)C1. The Balaban J connectivity index is 1.81. The summed E-state index contributed by atoms with van der Waals surface area (Å²) >= 11 is 5.95. The minimum Gasteiger partial charge on any atom is -0.389 e. The maximum atomic E-state index is 11.8. The van der Waals surface area contributed by atoms with E-state index < -0.39 is 5.60 Å². The molecule has 19 heavy (non-hydrogen) atoms. The number of aliphatic hydroxyl groups is 1. The van der Waals surface area contributed by atoms with Crippen LogP contribution in [0.4, 0.5) is 4.79 Å². The van der Waals surface area contributed by atoms with Gasteiger partial charge >= 0.3 is 6.03 Å². The number of urea groups is 1. The summed E-state index contributed by atoms with van der Waals surface area (Å²) in [6.07, 6.45) is 0. The number of benzene rings is 1. The second-order valence-electron chi connectivity index (χ2n) is 5.63. The number of carbonyl (C=O) groups is 1. The van der Waals surface area contributed by atoms with Crippen LogP contribution in [0.2, 0.25) is 5.02 Å². The van der Waals surface area contributed by atoms with Crippen molar-refractivity contribution >= 4 is 17.6 Å². The quantitative estimate of drug-likeness (QED) is 0.893. The summed E-state index contributed by atoms with van der Waals surface area (Å²) in [6, 6.07) is 7.62. The van der Waals surface area contributed by atoms with E-state index in [1.165, 1.54) is 5.56 Å². The second kappa shape index (κ2) is 5.39. The molecule has 0 aliphatic carbocycles. The standard InChI is InChI=1S/C14H19ClN2O2/c1-14(2,19)9-16-13(18)17-7-11(8-17)10-4-3-5-12(15)6-10/h3-6,11,19H,7-9H2,1-2H3,(H,16,18). The number of likely N-dealkylation sites (tertiary alicyclic amines) is 1. The summed E-state index contributed by atoms with van der Waals surface area (Å²) in [5.41, 5.74) is 0.284. The van der Waals surface area contributed by atoms with Crippen molar-refractivity contribution in [2.75, 3.05) is 19.6 Å². The van der Waals surface area contributed by atoms with Crippen LogP contribution in [0.3, 0.4) is 0 Å². The Morgan fingerprint density at radius 3 is 2.79 bits per heavy atom. The first-order valence-corrected chi connectivity index (χ1v) is 6.73. The van der Waals surface area contributed by atoms with Gasteiger partial charge in [0.2, 0.25) is 0 Å². The third-order valence-corrected chi connectivity index (χ3v) is 3.40.